The number of hydrogen-bond donors (Lipinski definition) is 1. The van der Waals surface area contributed by atoms with Gasteiger partial charge in [-0.1, -0.05) is 25.6 Å². The lowest BCUT2D eigenvalue weighted by molar-refractivity contribution is -0.148. The topological polar surface area (TPSA) is 57.6 Å². The Balaban J connectivity index is 2.94. The third-order valence-corrected chi connectivity index (χ3v) is 3.81. The summed E-state index contributed by atoms with van der Waals surface area (Å²) in [6, 6.07) is -1.08. The van der Waals surface area contributed by atoms with E-state index in [1.54, 1.807) is 0 Å². The minimum absolute atomic E-state index is 0.199. The van der Waals surface area contributed by atoms with Crippen molar-refractivity contribution in [3.8, 4) is 11.5 Å². The molecule has 0 spiro atoms. The molecule has 1 amide bonds. The van der Waals surface area contributed by atoms with Crippen LogP contribution >= 0.6 is 11.6 Å². The summed E-state index contributed by atoms with van der Waals surface area (Å²) in [5, 5.41) is 9.10. The van der Waals surface area contributed by atoms with Crippen molar-refractivity contribution in [2.75, 3.05) is 5.88 Å². The van der Waals surface area contributed by atoms with Crippen molar-refractivity contribution in [3.63, 3.8) is 0 Å². The first kappa shape index (κ1) is 15.1. The third-order valence-electron chi connectivity index (χ3n) is 2.69. The first-order valence-corrected chi connectivity index (χ1v) is 9.92. The number of rotatable bonds is 2. The molecule has 18 heavy (non-hydrogen) atoms. The van der Waals surface area contributed by atoms with E-state index in [1.807, 2.05) is 0 Å². The summed E-state index contributed by atoms with van der Waals surface area (Å²) < 4.78 is 0. The van der Waals surface area contributed by atoms with Crippen LogP contribution in [0, 0.1) is 11.5 Å². The summed E-state index contributed by atoms with van der Waals surface area (Å²) in [5.74, 6) is 1.54. The van der Waals surface area contributed by atoms with Crippen LogP contribution < -0.4 is 0 Å². The molecule has 6 heteroatoms. The third kappa shape index (κ3) is 3.75. The second-order valence-corrected chi connectivity index (χ2v) is 10.4. The molecule has 0 saturated carbocycles. The number of amides is 1. The maximum Gasteiger partial charge on any atom is 0.326 e. The Labute approximate surface area is 113 Å². The second kappa shape index (κ2) is 5.76. The van der Waals surface area contributed by atoms with Crippen LogP contribution in [0.15, 0.2) is 0 Å². The molecule has 0 bridgehead atoms. The average molecular weight is 288 g/mol. The zero-order valence-corrected chi connectivity index (χ0v) is 12.6. The predicted molar refractivity (Wildman–Crippen MR) is 73.1 cm³/mol. The summed E-state index contributed by atoms with van der Waals surface area (Å²) in [5.41, 5.74) is 3.19. The molecule has 0 aromatic rings. The molecule has 4 nitrogen and oxygen atoms in total. The number of aliphatic carboxylic acids is 1. The van der Waals surface area contributed by atoms with E-state index < -0.39 is 20.1 Å². The Bertz CT molecular complexity index is 408. The zero-order valence-electron chi connectivity index (χ0n) is 10.9. The number of halogens is 1. The zero-order chi connectivity index (χ0) is 13.9. The molecule has 1 heterocycles. The van der Waals surface area contributed by atoms with Crippen LogP contribution in [0.4, 0.5) is 0 Å². The molecule has 0 aromatic heterocycles. The number of carboxylic acid groups (broad SMARTS) is 1. The predicted octanol–water partition coefficient (Wildman–Crippen LogP) is 1.55. The summed E-state index contributed by atoms with van der Waals surface area (Å²) in [6.07, 6.45) is 1.06. The van der Waals surface area contributed by atoms with Crippen LogP contribution in [-0.2, 0) is 9.59 Å². The summed E-state index contributed by atoms with van der Waals surface area (Å²) in [7, 11) is -1.53. The molecule has 0 aromatic carbocycles. The van der Waals surface area contributed by atoms with Gasteiger partial charge in [0.05, 0.1) is 6.04 Å². The fraction of sp³-hybridized carbons (Fsp3) is 0.667. The van der Waals surface area contributed by atoms with Gasteiger partial charge >= 0.3 is 5.97 Å². The highest BCUT2D eigenvalue weighted by atomic mass is 35.5. The van der Waals surface area contributed by atoms with Crippen LogP contribution in [0.3, 0.4) is 0 Å². The maximum absolute atomic E-state index is 11.7. The number of alkyl halides is 1. The van der Waals surface area contributed by atoms with E-state index in [0.29, 0.717) is 12.8 Å². The molecule has 1 rings (SSSR count). The van der Waals surface area contributed by atoms with Gasteiger partial charge in [-0.15, -0.1) is 17.1 Å². The molecule has 1 aliphatic rings. The number of carbonyl (C=O) groups is 2. The van der Waals surface area contributed by atoms with Crippen LogP contribution in [0.1, 0.15) is 12.8 Å². The number of nitrogens with zero attached hydrogens (tertiary/aromatic N) is 1. The van der Waals surface area contributed by atoms with Gasteiger partial charge in [-0.3, -0.25) is 4.79 Å². The van der Waals surface area contributed by atoms with E-state index in [4.69, 9.17) is 16.7 Å². The molecule has 0 aliphatic carbocycles. The molecular formula is C12H18ClNO3Si. The van der Waals surface area contributed by atoms with Gasteiger partial charge in [0.15, 0.2) is 0 Å². The van der Waals surface area contributed by atoms with Crippen LogP contribution in [0.5, 0.6) is 0 Å². The van der Waals surface area contributed by atoms with E-state index in [2.05, 4.69) is 31.1 Å². The van der Waals surface area contributed by atoms with Gasteiger partial charge in [-0.05, 0) is 12.8 Å². The van der Waals surface area contributed by atoms with Gasteiger partial charge in [0, 0.05) is 0 Å². The Morgan fingerprint density at radius 2 is 2.00 bits per heavy atom. The summed E-state index contributed by atoms with van der Waals surface area (Å²) in [6.45, 7) is 6.33. The fourth-order valence-electron chi connectivity index (χ4n) is 1.91. The lowest BCUT2D eigenvalue weighted by Gasteiger charge is -2.24. The SMILES string of the molecule is C[Si](C)(C)C#C[C@H]1CC[C@@H](C(=O)O)N1C(=O)CCl. The van der Waals surface area contributed by atoms with Gasteiger partial charge in [0.1, 0.15) is 20.0 Å². The van der Waals surface area contributed by atoms with Crippen molar-refractivity contribution in [1.29, 1.82) is 0 Å². The fourth-order valence-corrected chi connectivity index (χ4v) is 2.65. The van der Waals surface area contributed by atoms with Crippen LogP contribution in [-0.4, -0.2) is 47.9 Å². The second-order valence-electron chi connectivity index (χ2n) is 5.40. The van der Waals surface area contributed by atoms with Crippen molar-refractivity contribution in [1.82, 2.24) is 4.90 Å². The number of likely N-dealkylation sites (tertiary alicyclic amines) is 1. The van der Waals surface area contributed by atoms with Crippen molar-refractivity contribution < 1.29 is 14.7 Å². The standard InChI is InChI=1S/C12H18ClNO3Si/c1-18(2,3)7-6-9-4-5-10(12(16)17)14(9)11(15)8-13/h9-10H,4-5,8H2,1-3H3,(H,16,17)/t9-,10+/m1/s1. The Morgan fingerprint density at radius 1 is 1.39 bits per heavy atom. The Hall–Kier alpha value is -0.993. The van der Waals surface area contributed by atoms with Gasteiger partial charge in [0.25, 0.3) is 0 Å². The molecule has 2 atom stereocenters. The Morgan fingerprint density at radius 3 is 2.44 bits per heavy atom. The molecule has 1 aliphatic heterocycles. The molecule has 100 valence electrons. The molecular weight excluding hydrogens is 270 g/mol. The van der Waals surface area contributed by atoms with E-state index in [-0.39, 0.29) is 17.8 Å². The van der Waals surface area contributed by atoms with E-state index in [9.17, 15) is 9.59 Å². The van der Waals surface area contributed by atoms with Crippen LogP contribution in [0.2, 0.25) is 19.6 Å². The average Bonchev–Trinajstić information content (AvgIpc) is 2.68. The molecule has 1 fully saturated rings. The quantitative estimate of drug-likeness (QED) is 0.476. The van der Waals surface area contributed by atoms with Crippen molar-refractivity contribution in [3.05, 3.63) is 0 Å². The van der Waals surface area contributed by atoms with Crippen molar-refractivity contribution in [2.45, 2.75) is 44.6 Å². The molecule has 0 unspecified atom stereocenters. The highest BCUT2D eigenvalue weighted by Crippen LogP contribution is 2.24. The first-order valence-electron chi connectivity index (χ1n) is 5.89. The smallest absolute Gasteiger partial charge is 0.326 e. The van der Waals surface area contributed by atoms with Crippen molar-refractivity contribution >= 4 is 31.6 Å². The molecule has 1 saturated heterocycles. The highest BCUT2D eigenvalue weighted by Gasteiger charge is 2.39. The molecule has 0 radical (unpaired) electrons. The van der Waals surface area contributed by atoms with E-state index in [1.165, 1.54) is 4.90 Å². The minimum atomic E-state index is -1.53. The minimum Gasteiger partial charge on any atom is -0.480 e. The summed E-state index contributed by atoms with van der Waals surface area (Å²) in [4.78, 5) is 24.2. The maximum atomic E-state index is 11.7. The van der Waals surface area contributed by atoms with Gasteiger partial charge in [-0.2, -0.15) is 0 Å². The largest absolute Gasteiger partial charge is 0.480 e. The number of hydrogen-bond acceptors (Lipinski definition) is 2. The number of carbonyl (C=O) groups excluding carboxylic acids is 1. The van der Waals surface area contributed by atoms with Crippen LogP contribution in [0.25, 0.3) is 0 Å². The van der Waals surface area contributed by atoms with Gasteiger partial charge in [0.2, 0.25) is 5.91 Å². The first-order chi connectivity index (χ1) is 8.26. The summed E-state index contributed by atoms with van der Waals surface area (Å²) >= 11 is 5.53. The normalized spacial score (nSPS) is 23.4. The van der Waals surface area contributed by atoms with Gasteiger partial charge in [-0.25, -0.2) is 4.79 Å². The lowest BCUT2D eigenvalue weighted by Crippen LogP contribution is -2.45. The monoisotopic (exact) mass is 287 g/mol. The Kier molecular flexibility index (Phi) is 4.82. The van der Waals surface area contributed by atoms with E-state index in [0.717, 1.165) is 0 Å². The highest BCUT2D eigenvalue weighted by molar-refractivity contribution is 6.83. The lowest BCUT2D eigenvalue weighted by atomic mass is 10.2. The van der Waals surface area contributed by atoms with E-state index >= 15 is 0 Å². The number of carboxylic acids is 1. The van der Waals surface area contributed by atoms with Crippen molar-refractivity contribution in [2.24, 2.45) is 0 Å². The molecule has 1 N–H and O–H groups in total. The van der Waals surface area contributed by atoms with Gasteiger partial charge < -0.3 is 10.0 Å².